The van der Waals surface area contributed by atoms with Gasteiger partial charge in [0, 0.05) is 23.9 Å². The van der Waals surface area contributed by atoms with Crippen LogP contribution < -0.4 is 4.90 Å². The Bertz CT molecular complexity index is 1040. The van der Waals surface area contributed by atoms with E-state index in [2.05, 4.69) is 6.07 Å². The number of para-hydroxylation sites is 2. The number of aliphatic imine (C=N–C) groups is 1. The lowest BCUT2D eigenvalue weighted by atomic mass is 9.71. The van der Waals surface area contributed by atoms with Crippen LogP contribution >= 0.6 is 0 Å². The first-order chi connectivity index (χ1) is 12.2. The van der Waals surface area contributed by atoms with Crippen LogP contribution in [-0.2, 0) is 10.2 Å². The third-order valence-corrected chi connectivity index (χ3v) is 5.24. The second kappa shape index (κ2) is 4.90. The molecular weight excluding hydrogens is 308 g/mol. The molecule has 3 aromatic rings. The van der Waals surface area contributed by atoms with E-state index in [1.54, 1.807) is 4.90 Å². The standard InChI is InChI=1S/C22H16N2O/c1-24-19-14-8-6-12-17(19)22(21(24)25)16-11-5-7-13-18(16)23-20(22)15-9-3-2-4-10-15/h2-14H,1H3. The lowest BCUT2D eigenvalue weighted by Crippen LogP contribution is -2.44. The highest BCUT2D eigenvalue weighted by molar-refractivity contribution is 6.33. The van der Waals surface area contributed by atoms with E-state index in [0.29, 0.717) is 0 Å². The molecule has 2 heterocycles. The van der Waals surface area contributed by atoms with Crippen LogP contribution in [0.25, 0.3) is 0 Å². The number of amides is 1. The molecule has 0 radical (unpaired) electrons. The number of fused-ring (bicyclic) bond motifs is 4. The Kier molecular flexibility index (Phi) is 2.78. The second-order valence-corrected chi connectivity index (χ2v) is 6.47. The van der Waals surface area contributed by atoms with Gasteiger partial charge in [-0.3, -0.25) is 9.79 Å². The number of nitrogens with zero attached hydrogens (tertiary/aromatic N) is 2. The summed E-state index contributed by atoms with van der Waals surface area (Å²) in [5.74, 6) is 0.0567. The fourth-order valence-electron chi connectivity index (χ4n) is 4.15. The van der Waals surface area contributed by atoms with E-state index in [4.69, 9.17) is 4.99 Å². The molecule has 0 fully saturated rings. The molecule has 25 heavy (non-hydrogen) atoms. The molecule has 2 aliphatic rings. The zero-order chi connectivity index (χ0) is 17.0. The van der Waals surface area contributed by atoms with Crippen LogP contribution in [-0.4, -0.2) is 18.7 Å². The van der Waals surface area contributed by atoms with Gasteiger partial charge in [0.05, 0.1) is 11.4 Å². The molecule has 1 atom stereocenters. The maximum Gasteiger partial charge on any atom is 0.248 e. The van der Waals surface area contributed by atoms with Crippen molar-refractivity contribution < 1.29 is 4.79 Å². The minimum Gasteiger partial charge on any atom is -0.314 e. The van der Waals surface area contributed by atoms with Crippen molar-refractivity contribution >= 4 is 23.0 Å². The number of carbonyl (C=O) groups excluding carboxylic acids is 1. The quantitative estimate of drug-likeness (QED) is 0.664. The monoisotopic (exact) mass is 324 g/mol. The summed E-state index contributed by atoms with van der Waals surface area (Å²) in [6, 6.07) is 26.0. The zero-order valence-electron chi connectivity index (χ0n) is 13.8. The molecule has 0 saturated carbocycles. The summed E-state index contributed by atoms with van der Waals surface area (Å²) < 4.78 is 0. The Hall–Kier alpha value is -3.20. The van der Waals surface area contributed by atoms with Gasteiger partial charge in [0.2, 0.25) is 5.91 Å². The fraction of sp³-hybridized carbons (Fsp3) is 0.0909. The van der Waals surface area contributed by atoms with Crippen LogP contribution in [0.3, 0.4) is 0 Å². The van der Waals surface area contributed by atoms with Crippen LogP contribution in [0.5, 0.6) is 0 Å². The molecular formula is C22H16N2O. The van der Waals surface area contributed by atoms with Crippen LogP contribution in [0.15, 0.2) is 83.9 Å². The molecule has 3 nitrogen and oxygen atoms in total. The number of carbonyl (C=O) groups is 1. The first-order valence-corrected chi connectivity index (χ1v) is 8.36. The smallest absolute Gasteiger partial charge is 0.248 e. The fourth-order valence-corrected chi connectivity index (χ4v) is 4.15. The predicted octanol–water partition coefficient (Wildman–Crippen LogP) is 4.08. The van der Waals surface area contributed by atoms with Crippen molar-refractivity contribution in [2.75, 3.05) is 11.9 Å². The molecule has 3 heteroatoms. The highest BCUT2D eigenvalue weighted by atomic mass is 16.2. The van der Waals surface area contributed by atoms with Crippen molar-refractivity contribution in [3.05, 3.63) is 95.6 Å². The molecule has 1 spiro atoms. The normalized spacial score (nSPS) is 20.6. The van der Waals surface area contributed by atoms with Crippen LogP contribution in [0, 0.1) is 0 Å². The number of benzene rings is 3. The number of anilines is 1. The summed E-state index contributed by atoms with van der Waals surface area (Å²) in [6.45, 7) is 0. The van der Waals surface area contributed by atoms with E-state index < -0.39 is 5.41 Å². The second-order valence-electron chi connectivity index (χ2n) is 6.47. The molecule has 0 saturated heterocycles. The maximum atomic E-state index is 13.6. The van der Waals surface area contributed by atoms with Gasteiger partial charge in [-0.1, -0.05) is 66.7 Å². The Balaban J connectivity index is 1.90. The van der Waals surface area contributed by atoms with Gasteiger partial charge in [-0.15, -0.1) is 0 Å². The molecule has 0 N–H and O–H groups in total. The number of likely N-dealkylation sites (N-methyl/N-ethyl adjacent to an activating group) is 1. The summed E-state index contributed by atoms with van der Waals surface area (Å²) >= 11 is 0. The molecule has 5 rings (SSSR count). The summed E-state index contributed by atoms with van der Waals surface area (Å²) in [7, 11) is 1.85. The molecule has 3 aromatic carbocycles. The van der Waals surface area contributed by atoms with Crippen LogP contribution in [0.2, 0.25) is 0 Å². The minimum absolute atomic E-state index is 0.0567. The van der Waals surface area contributed by atoms with Gasteiger partial charge in [-0.05, 0) is 17.7 Å². The van der Waals surface area contributed by atoms with Crippen molar-refractivity contribution in [3.63, 3.8) is 0 Å². The number of hydrogen-bond donors (Lipinski definition) is 0. The molecule has 0 aliphatic carbocycles. The van der Waals surface area contributed by atoms with Crippen molar-refractivity contribution in [1.29, 1.82) is 0 Å². The Morgan fingerprint density at radius 1 is 0.800 bits per heavy atom. The zero-order valence-corrected chi connectivity index (χ0v) is 13.8. The summed E-state index contributed by atoms with van der Waals surface area (Å²) in [6.07, 6.45) is 0. The highest BCUT2D eigenvalue weighted by Crippen LogP contribution is 2.53. The van der Waals surface area contributed by atoms with E-state index in [1.165, 1.54) is 0 Å². The third kappa shape index (κ3) is 1.65. The van der Waals surface area contributed by atoms with E-state index in [1.807, 2.05) is 79.8 Å². The van der Waals surface area contributed by atoms with Crippen molar-refractivity contribution in [3.8, 4) is 0 Å². The lowest BCUT2D eigenvalue weighted by molar-refractivity contribution is -0.119. The molecule has 0 aromatic heterocycles. The minimum atomic E-state index is -0.858. The highest BCUT2D eigenvalue weighted by Gasteiger charge is 2.58. The van der Waals surface area contributed by atoms with Gasteiger partial charge < -0.3 is 4.90 Å². The largest absolute Gasteiger partial charge is 0.314 e. The van der Waals surface area contributed by atoms with Crippen molar-refractivity contribution in [1.82, 2.24) is 0 Å². The topological polar surface area (TPSA) is 32.7 Å². The third-order valence-electron chi connectivity index (χ3n) is 5.24. The van der Waals surface area contributed by atoms with E-state index in [9.17, 15) is 4.79 Å². The Morgan fingerprint density at radius 2 is 1.44 bits per heavy atom. The summed E-state index contributed by atoms with van der Waals surface area (Å²) in [5, 5.41) is 0. The first kappa shape index (κ1) is 14.2. The average molecular weight is 324 g/mol. The van der Waals surface area contributed by atoms with Crippen molar-refractivity contribution in [2.45, 2.75) is 5.41 Å². The number of hydrogen-bond acceptors (Lipinski definition) is 2. The van der Waals surface area contributed by atoms with Crippen molar-refractivity contribution in [2.24, 2.45) is 4.99 Å². The van der Waals surface area contributed by atoms with E-state index in [-0.39, 0.29) is 5.91 Å². The predicted molar refractivity (Wildman–Crippen MR) is 99.7 cm³/mol. The SMILES string of the molecule is CN1C(=O)C2(C(c3ccccc3)=Nc3ccccc32)c2ccccc21. The molecule has 120 valence electrons. The van der Waals surface area contributed by atoms with Crippen LogP contribution in [0.1, 0.15) is 16.7 Å². The van der Waals surface area contributed by atoms with Gasteiger partial charge >= 0.3 is 0 Å². The molecule has 1 unspecified atom stereocenters. The number of rotatable bonds is 1. The molecule has 2 aliphatic heterocycles. The van der Waals surface area contributed by atoms with Gasteiger partial charge in [0.15, 0.2) is 0 Å². The first-order valence-electron chi connectivity index (χ1n) is 8.36. The summed E-state index contributed by atoms with van der Waals surface area (Å²) in [4.78, 5) is 20.2. The van der Waals surface area contributed by atoms with E-state index >= 15 is 0 Å². The van der Waals surface area contributed by atoms with Crippen LogP contribution in [0.4, 0.5) is 11.4 Å². The van der Waals surface area contributed by atoms with Gasteiger partial charge in [-0.25, -0.2) is 0 Å². The maximum absolute atomic E-state index is 13.6. The van der Waals surface area contributed by atoms with E-state index in [0.717, 1.165) is 33.8 Å². The lowest BCUT2D eigenvalue weighted by Gasteiger charge is -2.26. The summed E-state index contributed by atoms with van der Waals surface area (Å²) in [5.41, 5.74) is 4.75. The van der Waals surface area contributed by atoms with Gasteiger partial charge in [-0.2, -0.15) is 0 Å². The van der Waals surface area contributed by atoms with Gasteiger partial charge in [0.1, 0.15) is 5.41 Å². The molecule has 0 bridgehead atoms. The van der Waals surface area contributed by atoms with Gasteiger partial charge in [0.25, 0.3) is 0 Å². The Morgan fingerprint density at radius 3 is 2.24 bits per heavy atom. The molecule has 1 amide bonds. The Labute approximate surface area is 146 Å². The average Bonchev–Trinajstić information content (AvgIpc) is 3.13.